The number of hydrogen-bond donors (Lipinski definition) is 1. The summed E-state index contributed by atoms with van der Waals surface area (Å²) >= 11 is 7.81. The Labute approximate surface area is 237 Å². The molecule has 1 aliphatic heterocycles. The lowest BCUT2D eigenvalue weighted by Crippen LogP contribution is -2.13. The van der Waals surface area contributed by atoms with Crippen LogP contribution in [0.25, 0.3) is 10.6 Å². The summed E-state index contributed by atoms with van der Waals surface area (Å²) in [6.07, 6.45) is 3.95. The van der Waals surface area contributed by atoms with Gasteiger partial charge in [0.05, 0.1) is 18.3 Å². The summed E-state index contributed by atoms with van der Waals surface area (Å²) < 4.78 is 3.20. The molecule has 200 valence electrons. The van der Waals surface area contributed by atoms with Crippen LogP contribution in [-0.4, -0.2) is 47.1 Å². The summed E-state index contributed by atoms with van der Waals surface area (Å²) in [6, 6.07) is 10.1. The normalized spacial score (nSPS) is 14.7. The molecular weight excluding hydrogens is 550 g/mol. The van der Waals surface area contributed by atoms with Gasteiger partial charge in [-0.1, -0.05) is 23.7 Å². The minimum absolute atomic E-state index is 0.0299. The number of aromatic nitrogens is 5. The molecule has 12 heteroatoms. The number of rotatable bonds is 4. The summed E-state index contributed by atoms with van der Waals surface area (Å²) in [6.45, 7) is 6.03. The number of aliphatic imine (C=N–C) groups is 2. The maximum absolute atomic E-state index is 13.2. The number of thiophene rings is 1. The second kappa shape index (κ2) is 9.92. The minimum Gasteiger partial charge on any atom is -0.502 e. The highest BCUT2D eigenvalue weighted by Crippen LogP contribution is 2.39. The van der Waals surface area contributed by atoms with Gasteiger partial charge in [0.25, 0.3) is 5.56 Å². The molecule has 1 amide bonds. The van der Waals surface area contributed by atoms with E-state index in [0.29, 0.717) is 27.9 Å². The fourth-order valence-electron chi connectivity index (χ4n) is 4.66. The van der Waals surface area contributed by atoms with Crippen LogP contribution in [0.15, 0.2) is 63.6 Å². The summed E-state index contributed by atoms with van der Waals surface area (Å²) in [5.41, 5.74) is 4.05. The van der Waals surface area contributed by atoms with Gasteiger partial charge in [-0.15, -0.1) is 21.5 Å². The Balaban J connectivity index is 1.38. The lowest BCUT2D eigenvalue weighted by Gasteiger charge is -2.11. The highest BCUT2D eigenvalue weighted by Gasteiger charge is 2.32. The maximum atomic E-state index is 13.2. The third kappa shape index (κ3) is 4.42. The zero-order chi connectivity index (χ0) is 28.1. The fraction of sp³-hybridized carbons (Fsp3) is 0.179. The number of halogens is 1. The second-order valence-electron chi connectivity index (χ2n) is 9.40. The third-order valence-electron chi connectivity index (χ3n) is 6.80. The Hall–Kier alpha value is -4.48. The number of hydrogen-bond acceptors (Lipinski definition) is 8. The summed E-state index contributed by atoms with van der Waals surface area (Å²) in [4.78, 5) is 39.7. The average molecular weight is 572 g/mol. The molecule has 1 aliphatic rings. The van der Waals surface area contributed by atoms with Gasteiger partial charge >= 0.3 is 0 Å². The van der Waals surface area contributed by atoms with Gasteiger partial charge in [-0.2, -0.15) is 0 Å². The zero-order valence-electron chi connectivity index (χ0n) is 21.7. The molecule has 1 N–H and O–H groups in total. The van der Waals surface area contributed by atoms with E-state index in [2.05, 4.69) is 34.0 Å². The monoisotopic (exact) mass is 571 g/mol. The van der Waals surface area contributed by atoms with Gasteiger partial charge in [-0.25, -0.2) is 9.98 Å². The van der Waals surface area contributed by atoms with Gasteiger partial charge in [0.2, 0.25) is 11.7 Å². The molecular formula is C28H22ClN7O3S. The Morgan fingerprint density at radius 2 is 1.95 bits per heavy atom. The van der Waals surface area contributed by atoms with Crippen molar-refractivity contribution in [2.24, 2.45) is 9.98 Å². The lowest BCUT2D eigenvalue weighted by molar-refractivity contribution is -0.118. The number of pyridine rings is 1. The molecule has 0 saturated heterocycles. The lowest BCUT2D eigenvalue weighted by atomic mass is 9.99. The van der Waals surface area contributed by atoms with Gasteiger partial charge in [0.1, 0.15) is 22.5 Å². The molecule has 10 nitrogen and oxygen atoms in total. The molecule has 0 radical (unpaired) electrons. The first kappa shape index (κ1) is 25.8. The van der Waals surface area contributed by atoms with Crippen molar-refractivity contribution in [1.82, 2.24) is 24.1 Å². The number of nitrogens with zero attached hydrogens (tertiary/aromatic N) is 7. The van der Waals surface area contributed by atoms with Crippen molar-refractivity contribution in [3.63, 3.8) is 0 Å². The van der Waals surface area contributed by atoms with Crippen LogP contribution in [0, 0.1) is 20.8 Å². The van der Waals surface area contributed by atoms with E-state index in [1.807, 2.05) is 35.8 Å². The average Bonchev–Trinajstić information content (AvgIpc) is 3.42. The van der Waals surface area contributed by atoms with Crippen molar-refractivity contribution in [3.8, 4) is 10.8 Å². The molecule has 5 aromatic rings. The van der Waals surface area contributed by atoms with Crippen LogP contribution < -0.4 is 5.56 Å². The molecule has 0 aliphatic carbocycles. The predicted octanol–water partition coefficient (Wildman–Crippen LogP) is 4.55. The first-order chi connectivity index (χ1) is 19.2. The Bertz CT molecular complexity index is 1940. The van der Waals surface area contributed by atoms with Gasteiger partial charge in [0.15, 0.2) is 5.82 Å². The van der Waals surface area contributed by atoms with Gasteiger partial charge < -0.3 is 5.11 Å². The Morgan fingerprint density at radius 1 is 1.18 bits per heavy atom. The van der Waals surface area contributed by atoms with E-state index in [9.17, 15) is 14.7 Å². The molecule has 6 rings (SSSR count). The van der Waals surface area contributed by atoms with E-state index in [4.69, 9.17) is 16.6 Å². The number of aromatic hydroxyl groups is 1. The maximum Gasteiger partial charge on any atom is 0.300 e. The van der Waals surface area contributed by atoms with E-state index < -0.39 is 23.3 Å². The standard InChI is InChI=1S/C28H22ClN7O3S/c1-14-15(2)40-28-24(14)25(18-4-6-19(29)7-5-18)32-20(26-34-33-16(3)36(26)28)11-23(38)31-12-17-8-9-35-22(10-17)30-13-21(37)27(35)39/h4-10,12-13,20,37H,11H2,1-3H3/t20-/m0/s1. The number of carbonyl (C=O) groups is 1. The minimum atomic E-state index is -0.629. The van der Waals surface area contributed by atoms with E-state index in [1.165, 1.54) is 16.8 Å². The molecule has 40 heavy (non-hydrogen) atoms. The second-order valence-corrected chi connectivity index (χ2v) is 11.0. The molecule has 1 aromatic carbocycles. The van der Waals surface area contributed by atoms with Gasteiger partial charge in [-0.3, -0.25) is 23.5 Å². The summed E-state index contributed by atoms with van der Waals surface area (Å²) in [5, 5.41) is 19.9. The fourth-order valence-corrected chi connectivity index (χ4v) is 6.00. The molecule has 0 saturated carbocycles. The first-order valence-corrected chi connectivity index (χ1v) is 13.5. The molecule has 0 spiro atoms. The van der Waals surface area contributed by atoms with Gasteiger partial charge in [0, 0.05) is 33.4 Å². The molecule has 4 aromatic heterocycles. The highest BCUT2D eigenvalue weighted by atomic mass is 35.5. The van der Waals surface area contributed by atoms with Crippen LogP contribution in [0.2, 0.25) is 5.02 Å². The van der Waals surface area contributed by atoms with E-state index in [1.54, 1.807) is 23.5 Å². The van der Waals surface area contributed by atoms with Crippen LogP contribution in [-0.2, 0) is 4.79 Å². The van der Waals surface area contributed by atoms with Crippen LogP contribution in [0.5, 0.6) is 5.75 Å². The van der Waals surface area contributed by atoms with Crippen molar-refractivity contribution in [1.29, 1.82) is 0 Å². The molecule has 1 atom stereocenters. The Morgan fingerprint density at radius 3 is 2.73 bits per heavy atom. The molecule has 0 unspecified atom stereocenters. The third-order valence-corrected chi connectivity index (χ3v) is 8.24. The predicted molar refractivity (Wildman–Crippen MR) is 154 cm³/mol. The number of benzene rings is 1. The number of aryl methyl sites for hydroxylation is 2. The van der Waals surface area contributed by atoms with E-state index in [-0.39, 0.29) is 6.42 Å². The van der Waals surface area contributed by atoms with Crippen molar-refractivity contribution < 1.29 is 9.90 Å². The largest absolute Gasteiger partial charge is 0.502 e. The molecule has 0 bridgehead atoms. The number of carbonyl (C=O) groups excluding carboxylic acids is 1. The zero-order valence-corrected chi connectivity index (χ0v) is 23.2. The topological polar surface area (TPSA) is 127 Å². The van der Waals surface area contributed by atoms with Crippen molar-refractivity contribution in [2.45, 2.75) is 33.2 Å². The van der Waals surface area contributed by atoms with E-state index >= 15 is 0 Å². The SMILES string of the molecule is Cc1sc2c(c1C)C(c1ccc(Cl)cc1)=N[C@@H](CC(=O)N=Cc1ccn3c(=O)c(O)cnc3c1)c1nnc(C)n1-2. The quantitative estimate of drug-likeness (QED) is 0.315. The van der Waals surface area contributed by atoms with Crippen LogP contribution in [0.4, 0.5) is 0 Å². The van der Waals surface area contributed by atoms with Crippen molar-refractivity contribution in [3.05, 3.63) is 103 Å². The Kier molecular flexibility index (Phi) is 6.40. The number of amides is 1. The van der Waals surface area contributed by atoms with Gasteiger partial charge in [-0.05, 0) is 56.2 Å². The highest BCUT2D eigenvalue weighted by molar-refractivity contribution is 7.15. The van der Waals surface area contributed by atoms with E-state index in [0.717, 1.165) is 38.5 Å². The number of fused-ring (bicyclic) bond motifs is 4. The molecule has 5 heterocycles. The van der Waals surface area contributed by atoms with Crippen LogP contribution in [0.1, 0.15) is 51.2 Å². The van der Waals surface area contributed by atoms with Crippen molar-refractivity contribution >= 4 is 46.4 Å². The van der Waals surface area contributed by atoms with Crippen molar-refractivity contribution in [2.75, 3.05) is 0 Å². The van der Waals surface area contributed by atoms with Crippen LogP contribution >= 0.6 is 22.9 Å². The summed E-state index contributed by atoms with van der Waals surface area (Å²) in [7, 11) is 0. The smallest absolute Gasteiger partial charge is 0.300 e. The van der Waals surface area contributed by atoms with Crippen LogP contribution in [0.3, 0.4) is 0 Å². The summed E-state index contributed by atoms with van der Waals surface area (Å²) in [5.74, 6) is 0.432. The molecule has 0 fully saturated rings. The first-order valence-electron chi connectivity index (χ1n) is 12.3.